The Morgan fingerprint density at radius 1 is 1.08 bits per heavy atom. The quantitative estimate of drug-likeness (QED) is 0.809. The highest BCUT2D eigenvalue weighted by Gasteiger charge is 2.16. The molecular formula is C19H24N2O3. The number of nitrogens with zero attached hydrogens (tertiary/aromatic N) is 1. The van der Waals surface area contributed by atoms with Gasteiger partial charge in [-0.05, 0) is 31.2 Å². The summed E-state index contributed by atoms with van der Waals surface area (Å²) in [6, 6.07) is 17.3. The maximum Gasteiger partial charge on any atom is 0.260 e. The first-order valence-corrected chi connectivity index (χ1v) is 7.95. The predicted molar refractivity (Wildman–Crippen MR) is 95.8 cm³/mol. The summed E-state index contributed by atoms with van der Waals surface area (Å²) in [6.07, 6.45) is -0.594. The summed E-state index contributed by atoms with van der Waals surface area (Å²) in [5.74, 6) is 1.02. The van der Waals surface area contributed by atoms with E-state index in [-0.39, 0.29) is 5.91 Å². The monoisotopic (exact) mass is 328 g/mol. The minimum absolute atomic E-state index is 0.151. The fraction of sp³-hybridized carbons (Fsp3) is 0.316. The Kier molecular flexibility index (Phi) is 6.49. The molecule has 5 heteroatoms. The molecule has 2 aromatic carbocycles. The van der Waals surface area contributed by atoms with Crippen LogP contribution in [0.15, 0.2) is 54.6 Å². The van der Waals surface area contributed by atoms with E-state index in [4.69, 9.17) is 9.47 Å². The fourth-order valence-electron chi connectivity index (χ4n) is 2.26. The van der Waals surface area contributed by atoms with Gasteiger partial charge in [-0.3, -0.25) is 4.79 Å². The van der Waals surface area contributed by atoms with Gasteiger partial charge in [0.05, 0.1) is 7.11 Å². The Labute approximate surface area is 143 Å². The SMILES string of the molecule is COc1ccccc1OC(C)C(=O)NCCN(C)c1ccccc1. The summed E-state index contributed by atoms with van der Waals surface area (Å²) in [5.41, 5.74) is 1.12. The third-order valence-electron chi connectivity index (χ3n) is 3.69. The van der Waals surface area contributed by atoms with E-state index in [0.29, 0.717) is 18.0 Å². The van der Waals surface area contributed by atoms with E-state index in [1.807, 2.05) is 49.5 Å². The summed E-state index contributed by atoms with van der Waals surface area (Å²) < 4.78 is 10.9. The molecule has 2 aromatic rings. The number of carbonyl (C=O) groups excluding carboxylic acids is 1. The van der Waals surface area contributed by atoms with Crippen molar-refractivity contribution in [1.82, 2.24) is 5.32 Å². The van der Waals surface area contributed by atoms with Crippen molar-refractivity contribution in [2.45, 2.75) is 13.0 Å². The topological polar surface area (TPSA) is 50.8 Å². The number of hydrogen-bond acceptors (Lipinski definition) is 4. The first-order chi connectivity index (χ1) is 11.6. The van der Waals surface area contributed by atoms with Crippen molar-refractivity contribution >= 4 is 11.6 Å². The highest BCUT2D eigenvalue weighted by atomic mass is 16.5. The van der Waals surface area contributed by atoms with E-state index in [0.717, 1.165) is 12.2 Å². The van der Waals surface area contributed by atoms with Crippen molar-refractivity contribution in [2.75, 3.05) is 32.1 Å². The minimum atomic E-state index is -0.594. The summed E-state index contributed by atoms with van der Waals surface area (Å²) in [4.78, 5) is 14.3. The number of hydrogen-bond donors (Lipinski definition) is 1. The van der Waals surface area contributed by atoms with E-state index >= 15 is 0 Å². The molecule has 2 rings (SSSR count). The van der Waals surface area contributed by atoms with E-state index < -0.39 is 6.10 Å². The highest BCUT2D eigenvalue weighted by molar-refractivity contribution is 5.80. The van der Waals surface area contributed by atoms with Crippen molar-refractivity contribution in [3.8, 4) is 11.5 Å². The van der Waals surface area contributed by atoms with Crippen LogP contribution in [0.2, 0.25) is 0 Å². The molecule has 24 heavy (non-hydrogen) atoms. The smallest absolute Gasteiger partial charge is 0.260 e. The summed E-state index contributed by atoms with van der Waals surface area (Å²) in [5, 5.41) is 2.89. The summed E-state index contributed by atoms with van der Waals surface area (Å²) in [6.45, 7) is 2.99. The average Bonchev–Trinajstić information content (AvgIpc) is 2.62. The number of amides is 1. The second-order valence-electron chi connectivity index (χ2n) is 5.46. The lowest BCUT2D eigenvalue weighted by molar-refractivity contribution is -0.127. The second kappa shape index (κ2) is 8.82. The molecule has 0 aliphatic heterocycles. The molecule has 1 atom stereocenters. The van der Waals surface area contributed by atoms with E-state index in [9.17, 15) is 4.79 Å². The first-order valence-electron chi connectivity index (χ1n) is 7.95. The zero-order valence-electron chi connectivity index (χ0n) is 14.4. The van der Waals surface area contributed by atoms with Crippen molar-refractivity contribution in [3.05, 3.63) is 54.6 Å². The lowest BCUT2D eigenvalue weighted by Gasteiger charge is -2.20. The van der Waals surface area contributed by atoms with Crippen LogP contribution in [-0.4, -0.2) is 39.3 Å². The molecule has 5 nitrogen and oxygen atoms in total. The molecule has 0 bridgehead atoms. The molecule has 1 amide bonds. The minimum Gasteiger partial charge on any atom is -0.493 e. The number of rotatable bonds is 8. The van der Waals surface area contributed by atoms with E-state index in [1.54, 1.807) is 26.2 Å². The number of carbonyl (C=O) groups is 1. The average molecular weight is 328 g/mol. The molecule has 0 radical (unpaired) electrons. The molecule has 0 fully saturated rings. The molecule has 0 saturated heterocycles. The molecule has 1 unspecified atom stereocenters. The van der Waals surface area contributed by atoms with Gasteiger partial charge < -0.3 is 19.7 Å². The zero-order chi connectivity index (χ0) is 17.4. The molecule has 0 saturated carbocycles. The highest BCUT2D eigenvalue weighted by Crippen LogP contribution is 2.26. The van der Waals surface area contributed by atoms with Gasteiger partial charge in [0, 0.05) is 25.8 Å². The standard InChI is InChI=1S/C19H24N2O3/c1-15(24-18-12-8-7-11-17(18)23-3)19(22)20-13-14-21(2)16-9-5-4-6-10-16/h4-12,15H,13-14H2,1-3H3,(H,20,22). The van der Waals surface area contributed by atoms with Crippen LogP contribution < -0.4 is 19.7 Å². The Balaban J connectivity index is 1.79. The Morgan fingerprint density at radius 3 is 2.38 bits per heavy atom. The first kappa shape index (κ1) is 17.7. The zero-order valence-corrected chi connectivity index (χ0v) is 14.4. The van der Waals surface area contributed by atoms with Crippen molar-refractivity contribution in [2.24, 2.45) is 0 Å². The largest absolute Gasteiger partial charge is 0.493 e. The number of anilines is 1. The van der Waals surface area contributed by atoms with Crippen LogP contribution in [0.3, 0.4) is 0 Å². The van der Waals surface area contributed by atoms with Crippen molar-refractivity contribution in [1.29, 1.82) is 0 Å². The lowest BCUT2D eigenvalue weighted by atomic mass is 10.3. The van der Waals surface area contributed by atoms with Crippen LogP contribution in [0.5, 0.6) is 11.5 Å². The summed E-state index contributed by atoms with van der Waals surface area (Å²) in [7, 11) is 3.57. The van der Waals surface area contributed by atoms with Gasteiger partial charge in [0.15, 0.2) is 17.6 Å². The third kappa shape index (κ3) is 4.91. The van der Waals surface area contributed by atoms with Gasteiger partial charge in [-0.15, -0.1) is 0 Å². The molecule has 0 aromatic heterocycles. The van der Waals surface area contributed by atoms with Gasteiger partial charge >= 0.3 is 0 Å². The van der Waals surface area contributed by atoms with Gasteiger partial charge in [-0.25, -0.2) is 0 Å². The third-order valence-corrected chi connectivity index (χ3v) is 3.69. The maximum atomic E-state index is 12.2. The fourth-order valence-corrected chi connectivity index (χ4v) is 2.26. The Morgan fingerprint density at radius 2 is 1.71 bits per heavy atom. The van der Waals surface area contributed by atoms with Crippen LogP contribution in [0.25, 0.3) is 0 Å². The number of ether oxygens (including phenoxy) is 2. The molecule has 0 aliphatic rings. The molecule has 1 N–H and O–H groups in total. The summed E-state index contributed by atoms with van der Waals surface area (Å²) >= 11 is 0. The van der Waals surface area contributed by atoms with Crippen molar-refractivity contribution < 1.29 is 14.3 Å². The molecule has 0 aliphatic carbocycles. The van der Waals surface area contributed by atoms with Gasteiger partial charge in [0.2, 0.25) is 0 Å². The van der Waals surface area contributed by atoms with Gasteiger partial charge in [0.1, 0.15) is 0 Å². The molecule has 0 spiro atoms. The van der Waals surface area contributed by atoms with Crippen molar-refractivity contribution in [3.63, 3.8) is 0 Å². The Hall–Kier alpha value is -2.69. The van der Waals surface area contributed by atoms with Crippen LogP contribution in [-0.2, 0) is 4.79 Å². The normalized spacial score (nSPS) is 11.5. The number of benzene rings is 2. The van der Waals surface area contributed by atoms with Gasteiger partial charge in [0.25, 0.3) is 5.91 Å². The molecule has 128 valence electrons. The number of para-hydroxylation sites is 3. The van der Waals surface area contributed by atoms with Gasteiger partial charge in [-0.1, -0.05) is 30.3 Å². The predicted octanol–water partition coefficient (Wildman–Crippen LogP) is 2.72. The van der Waals surface area contributed by atoms with Gasteiger partial charge in [-0.2, -0.15) is 0 Å². The van der Waals surface area contributed by atoms with Crippen LogP contribution in [0.4, 0.5) is 5.69 Å². The second-order valence-corrected chi connectivity index (χ2v) is 5.46. The molecule has 0 heterocycles. The number of methoxy groups -OCH3 is 1. The van der Waals surface area contributed by atoms with Crippen LogP contribution >= 0.6 is 0 Å². The number of likely N-dealkylation sites (N-methyl/N-ethyl adjacent to an activating group) is 1. The lowest BCUT2D eigenvalue weighted by Crippen LogP contribution is -2.40. The number of nitrogens with one attached hydrogen (secondary N) is 1. The van der Waals surface area contributed by atoms with Crippen LogP contribution in [0, 0.1) is 0 Å². The Bertz CT molecular complexity index is 646. The maximum absolute atomic E-state index is 12.2. The molecular weight excluding hydrogens is 304 g/mol. The van der Waals surface area contributed by atoms with E-state index in [1.165, 1.54) is 0 Å². The van der Waals surface area contributed by atoms with E-state index in [2.05, 4.69) is 10.2 Å². The van der Waals surface area contributed by atoms with Crippen LogP contribution in [0.1, 0.15) is 6.92 Å².